The molecule has 0 bridgehead atoms. The van der Waals surface area contributed by atoms with E-state index in [0.29, 0.717) is 16.4 Å². The zero-order chi connectivity index (χ0) is 21.4. The van der Waals surface area contributed by atoms with Gasteiger partial charge in [-0.2, -0.15) is 8.42 Å². The van der Waals surface area contributed by atoms with Crippen LogP contribution >= 0.6 is 0 Å². The average Bonchev–Trinajstić information content (AvgIpc) is 2.67. The summed E-state index contributed by atoms with van der Waals surface area (Å²) >= 11 is 0. The van der Waals surface area contributed by atoms with Crippen LogP contribution in [0.3, 0.4) is 0 Å². The number of benzene rings is 3. The summed E-state index contributed by atoms with van der Waals surface area (Å²) in [4.78, 5) is 31.8. The Morgan fingerprint density at radius 3 is 2.17 bits per heavy atom. The van der Waals surface area contributed by atoms with E-state index < -0.39 is 20.4 Å². The zero-order valence-electron chi connectivity index (χ0n) is 16.0. The molecule has 0 saturated heterocycles. The minimum Gasteiger partial charge on any atom is -0.354 e. The standard InChI is InChI=1S/C22H16N2O5S/c1-10-4-6-15-13(7-10)20(25)14-9-17-18(22(19(14)24-15)30(27,28)29)21(26)12-5-3-11(2)8-16(12)23-17/h3-9H,1-2H3,(H,23,26)(H,24,25)(H,27,28,29). The van der Waals surface area contributed by atoms with E-state index in [1.807, 2.05) is 13.8 Å². The quantitative estimate of drug-likeness (QED) is 0.283. The van der Waals surface area contributed by atoms with E-state index in [0.717, 1.165) is 11.1 Å². The molecule has 150 valence electrons. The Morgan fingerprint density at radius 1 is 0.733 bits per heavy atom. The van der Waals surface area contributed by atoms with Crippen molar-refractivity contribution in [1.82, 2.24) is 9.97 Å². The third-order valence-corrected chi connectivity index (χ3v) is 6.30. The summed E-state index contributed by atoms with van der Waals surface area (Å²) in [6.07, 6.45) is 0. The average molecular weight is 420 g/mol. The molecule has 0 spiro atoms. The molecule has 8 heteroatoms. The van der Waals surface area contributed by atoms with Gasteiger partial charge in [0.15, 0.2) is 10.9 Å². The summed E-state index contributed by atoms with van der Waals surface area (Å²) in [6.45, 7) is 3.71. The maximum atomic E-state index is 13.2. The molecule has 2 heterocycles. The van der Waals surface area contributed by atoms with E-state index in [4.69, 9.17) is 0 Å². The summed E-state index contributed by atoms with van der Waals surface area (Å²) in [6, 6.07) is 11.7. The summed E-state index contributed by atoms with van der Waals surface area (Å²) in [5, 5.41) is 0.553. The molecule has 5 rings (SSSR count). The van der Waals surface area contributed by atoms with Crippen LogP contribution in [0.4, 0.5) is 0 Å². The fourth-order valence-corrected chi connectivity index (χ4v) is 4.90. The maximum absolute atomic E-state index is 13.2. The van der Waals surface area contributed by atoms with Crippen LogP contribution in [-0.2, 0) is 10.1 Å². The first-order chi connectivity index (χ1) is 14.1. The molecular weight excluding hydrogens is 404 g/mol. The van der Waals surface area contributed by atoms with E-state index in [1.54, 1.807) is 36.4 Å². The van der Waals surface area contributed by atoms with Crippen molar-refractivity contribution in [2.24, 2.45) is 0 Å². The van der Waals surface area contributed by atoms with Gasteiger partial charge in [-0.25, -0.2) is 0 Å². The molecule has 0 unspecified atom stereocenters. The number of hydrogen-bond donors (Lipinski definition) is 3. The third kappa shape index (κ3) is 2.58. The van der Waals surface area contributed by atoms with Crippen molar-refractivity contribution in [1.29, 1.82) is 0 Å². The highest BCUT2D eigenvalue weighted by Crippen LogP contribution is 2.30. The van der Waals surface area contributed by atoms with Crippen molar-refractivity contribution < 1.29 is 13.0 Å². The lowest BCUT2D eigenvalue weighted by molar-refractivity contribution is 0.485. The van der Waals surface area contributed by atoms with Gasteiger partial charge >= 0.3 is 0 Å². The van der Waals surface area contributed by atoms with Crippen LogP contribution < -0.4 is 10.9 Å². The van der Waals surface area contributed by atoms with Crippen LogP contribution in [-0.4, -0.2) is 22.9 Å². The summed E-state index contributed by atoms with van der Waals surface area (Å²) in [5.74, 6) is 0. The summed E-state index contributed by atoms with van der Waals surface area (Å²) < 4.78 is 34.8. The highest BCUT2D eigenvalue weighted by Gasteiger charge is 2.24. The normalized spacial score (nSPS) is 12.4. The molecule has 0 fully saturated rings. The van der Waals surface area contributed by atoms with Crippen molar-refractivity contribution in [3.63, 3.8) is 0 Å². The molecule has 0 aliphatic rings. The first-order valence-electron chi connectivity index (χ1n) is 9.18. The van der Waals surface area contributed by atoms with E-state index in [2.05, 4.69) is 9.97 Å². The topological polar surface area (TPSA) is 120 Å². The fourth-order valence-electron chi connectivity index (χ4n) is 4.02. The Hall–Kier alpha value is -3.49. The number of pyridine rings is 2. The summed E-state index contributed by atoms with van der Waals surface area (Å²) in [5.41, 5.74) is 1.85. The maximum Gasteiger partial charge on any atom is 0.297 e. The van der Waals surface area contributed by atoms with Gasteiger partial charge in [0, 0.05) is 27.2 Å². The Bertz CT molecular complexity index is 1780. The van der Waals surface area contributed by atoms with Crippen molar-refractivity contribution in [2.45, 2.75) is 18.7 Å². The Labute approximate surface area is 169 Å². The number of aromatic amines is 2. The van der Waals surface area contributed by atoms with Crippen LogP contribution in [0.2, 0.25) is 0 Å². The van der Waals surface area contributed by atoms with Crippen molar-refractivity contribution in [3.05, 3.63) is 74.0 Å². The number of aromatic nitrogens is 2. The smallest absolute Gasteiger partial charge is 0.297 e. The SMILES string of the molecule is Cc1ccc2c(=O)c3c(S(=O)(=O)O)c4[nH]c5ccc(C)cc5c(=O)c4cc3[nH]c2c1. The van der Waals surface area contributed by atoms with E-state index >= 15 is 0 Å². The first-order valence-corrected chi connectivity index (χ1v) is 10.6. The second-order valence-electron chi connectivity index (χ2n) is 7.53. The Kier molecular flexibility index (Phi) is 3.71. The predicted molar refractivity (Wildman–Crippen MR) is 117 cm³/mol. The van der Waals surface area contributed by atoms with Crippen LogP contribution in [0.5, 0.6) is 0 Å². The number of H-pyrrole nitrogens is 2. The van der Waals surface area contributed by atoms with Gasteiger partial charge in [0.05, 0.1) is 16.4 Å². The Morgan fingerprint density at radius 2 is 1.43 bits per heavy atom. The minimum absolute atomic E-state index is 0.0656. The number of rotatable bonds is 1. The molecule has 5 aromatic rings. The van der Waals surface area contributed by atoms with Crippen molar-refractivity contribution in [2.75, 3.05) is 0 Å². The number of hydrogen-bond acceptors (Lipinski definition) is 4. The molecule has 0 atom stereocenters. The van der Waals surface area contributed by atoms with Crippen LogP contribution in [0.25, 0.3) is 43.6 Å². The van der Waals surface area contributed by atoms with E-state index in [1.165, 1.54) is 6.07 Å². The molecule has 3 aromatic carbocycles. The van der Waals surface area contributed by atoms with Gasteiger partial charge in [-0.15, -0.1) is 0 Å². The molecule has 3 N–H and O–H groups in total. The van der Waals surface area contributed by atoms with Crippen molar-refractivity contribution >= 4 is 53.7 Å². The second-order valence-corrected chi connectivity index (χ2v) is 8.89. The van der Waals surface area contributed by atoms with Crippen molar-refractivity contribution in [3.8, 4) is 0 Å². The van der Waals surface area contributed by atoms with Gasteiger partial charge < -0.3 is 9.97 Å². The first kappa shape index (κ1) is 18.5. The third-order valence-electron chi connectivity index (χ3n) is 5.38. The second kappa shape index (κ2) is 6.01. The molecule has 0 aliphatic heterocycles. The molecule has 0 saturated carbocycles. The molecule has 2 aromatic heterocycles. The largest absolute Gasteiger partial charge is 0.354 e. The lowest BCUT2D eigenvalue weighted by Gasteiger charge is -2.12. The van der Waals surface area contributed by atoms with Gasteiger partial charge in [0.25, 0.3) is 10.1 Å². The van der Waals surface area contributed by atoms with Crippen LogP contribution in [0, 0.1) is 13.8 Å². The molecule has 0 radical (unpaired) electrons. The zero-order valence-corrected chi connectivity index (χ0v) is 16.8. The molecule has 7 nitrogen and oxygen atoms in total. The van der Waals surface area contributed by atoms with Gasteiger partial charge in [0.1, 0.15) is 4.90 Å². The highest BCUT2D eigenvalue weighted by atomic mass is 32.2. The van der Waals surface area contributed by atoms with Crippen LogP contribution in [0.1, 0.15) is 11.1 Å². The number of fused-ring (bicyclic) bond motifs is 4. The minimum atomic E-state index is -4.84. The van der Waals surface area contributed by atoms with E-state index in [-0.39, 0.29) is 32.6 Å². The lowest BCUT2D eigenvalue weighted by Crippen LogP contribution is -2.14. The predicted octanol–water partition coefficient (Wildman–Crippen LogP) is 3.54. The Balaban J connectivity index is 2.15. The van der Waals surface area contributed by atoms with Crippen LogP contribution in [0.15, 0.2) is 56.9 Å². The van der Waals surface area contributed by atoms with Gasteiger partial charge in [-0.05, 0) is 49.7 Å². The lowest BCUT2D eigenvalue weighted by atomic mass is 10.0. The van der Waals surface area contributed by atoms with Gasteiger partial charge in [0.2, 0.25) is 0 Å². The molecule has 30 heavy (non-hydrogen) atoms. The highest BCUT2D eigenvalue weighted by molar-refractivity contribution is 7.86. The number of nitrogens with one attached hydrogen (secondary N) is 2. The summed E-state index contributed by atoms with van der Waals surface area (Å²) in [7, 11) is -4.84. The van der Waals surface area contributed by atoms with E-state index in [9.17, 15) is 22.6 Å². The molecular formula is C22H16N2O5S. The van der Waals surface area contributed by atoms with Gasteiger partial charge in [-0.3, -0.25) is 14.1 Å². The molecule has 0 aliphatic carbocycles. The number of aryl methyl sites for hydroxylation is 2. The monoisotopic (exact) mass is 420 g/mol. The molecule has 0 amide bonds. The van der Waals surface area contributed by atoms with Gasteiger partial charge in [-0.1, -0.05) is 17.7 Å². The fraction of sp³-hybridized carbons (Fsp3) is 0.0909.